The summed E-state index contributed by atoms with van der Waals surface area (Å²) in [7, 11) is 0. The van der Waals surface area contributed by atoms with Gasteiger partial charge in [-0.3, -0.25) is 14.4 Å². The maximum atomic E-state index is 12.9. The van der Waals surface area contributed by atoms with E-state index in [0.717, 1.165) is 0 Å². The molecule has 0 saturated heterocycles. The molecular weight excluding hydrogens is 339 g/mol. The van der Waals surface area contributed by atoms with Crippen LogP contribution in [0.15, 0.2) is 48.5 Å². The van der Waals surface area contributed by atoms with E-state index in [0.29, 0.717) is 12.1 Å². The number of anilines is 2. The highest BCUT2D eigenvalue weighted by molar-refractivity contribution is 6.10. The third-order valence-corrected chi connectivity index (χ3v) is 3.37. The van der Waals surface area contributed by atoms with Gasteiger partial charge in [0.2, 0.25) is 0 Å². The second-order valence-electron chi connectivity index (χ2n) is 5.47. The fourth-order valence-electron chi connectivity index (χ4n) is 2.13. The lowest BCUT2D eigenvalue weighted by Crippen LogP contribution is -2.23. The van der Waals surface area contributed by atoms with Crippen LogP contribution in [0.5, 0.6) is 0 Å². The van der Waals surface area contributed by atoms with Gasteiger partial charge in [0.05, 0.1) is 11.3 Å². The number of esters is 1. The smallest absolute Gasteiger partial charge is 0.306 e. The Kier molecular flexibility index (Phi) is 6.84. The lowest BCUT2D eigenvalue weighted by Gasteiger charge is -2.11. The number of ether oxygens (including phenoxy) is 1. The van der Waals surface area contributed by atoms with E-state index < -0.39 is 30.2 Å². The summed E-state index contributed by atoms with van der Waals surface area (Å²) in [6.07, 6.45) is 0.872. The van der Waals surface area contributed by atoms with Crippen molar-refractivity contribution in [3.05, 3.63) is 59.9 Å². The van der Waals surface area contributed by atoms with E-state index in [4.69, 9.17) is 4.74 Å². The molecule has 0 atom stereocenters. The lowest BCUT2D eigenvalue weighted by molar-refractivity contribution is -0.147. The molecule has 136 valence electrons. The van der Waals surface area contributed by atoms with Gasteiger partial charge >= 0.3 is 5.97 Å². The SMILES string of the molecule is CCCC(=O)OCC(=O)Nc1ccccc1C(=O)Nc1ccc(F)cc1. The van der Waals surface area contributed by atoms with Crippen LogP contribution in [0.3, 0.4) is 0 Å². The van der Waals surface area contributed by atoms with Gasteiger partial charge in [-0.05, 0) is 42.8 Å². The quantitative estimate of drug-likeness (QED) is 0.743. The van der Waals surface area contributed by atoms with E-state index in [2.05, 4.69) is 10.6 Å². The van der Waals surface area contributed by atoms with Gasteiger partial charge in [-0.15, -0.1) is 0 Å². The highest BCUT2D eigenvalue weighted by atomic mass is 19.1. The molecule has 7 heteroatoms. The fraction of sp³-hybridized carbons (Fsp3) is 0.211. The zero-order valence-corrected chi connectivity index (χ0v) is 14.3. The monoisotopic (exact) mass is 358 g/mol. The topological polar surface area (TPSA) is 84.5 Å². The molecule has 0 aliphatic carbocycles. The molecule has 2 N–H and O–H groups in total. The minimum Gasteiger partial charge on any atom is -0.456 e. The molecule has 0 heterocycles. The van der Waals surface area contributed by atoms with Gasteiger partial charge in [-0.1, -0.05) is 19.1 Å². The lowest BCUT2D eigenvalue weighted by atomic mass is 10.1. The summed E-state index contributed by atoms with van der Waals surface area (Å²) in [6, 6.07) is 11.7. The van der Waals surface area contributed by atoms with Crippen molar-refractivity contribution >= 4 is 29.2 Å². The standard InChI is InChI=1S/C19H19FN2O4/c1-2-5-18(24)26-12-17(23)22-16-7-4-3-6-15(16)19(25)21-14-10-8-13(20)9-11-14/h3-4,6-11H,2,5,12H2,1H3,(H,21,25)(H,22,23). The normalized spacial score (nSPS) is 10.1. The van der Waals surface area contributed by atoms with Crippen LogP contribution in [0.25, 0.3) is 0 Å². The molecule has 0 aliphatic heterocycles. The molecule has 0 bridgehead atoms. The van der Waals surface area contributed by atoms with Crippen LogP contribution in [0.1, 0.15) is 30.1 Å². The van der Waals surface area contributed by atoms with Crippen molar-refractivity contribution in [2.45, 2.75) is 19.8 Å². The molecule has 2 amide bonds. The first-order chi connectivity index (χ1) is 12.5. The molecule has 0 spiro atoms. The third-order valence-electron chi connectivity index (χ3n) is 3.37. The van der Waals surface area contributed by atoms with Gasteiger partial charge in [0.1, 0.15) is 5.82 Å². The summed E-state index contributed by atoms with van der Waals surface area (Å²) in [4.78, 5) is 35.7. The van der Waals surface area contributed by atoms with Crippen molar-refractivity contribution < 1.29 is 23.5 Å². The Bertz CT molecular complexity index is 790. The number of para-hydroxylation sites is 1. The molecule has 2 rings (SSSR count). The summed E-state index contributed by atoms with van der Waals surface area (Å²) in [5.41, 5.74) is 0.930. The van der Waals surface area contributed by atoms with E-state index >= 15 is 0 Å². The highest BCUT2D eigenvalue weighted by Crippen LogP contribution is 2.17. The molecule has 0 fully saturated rings. The molecule has 0 aromatic heterocycles. The van der Waals surface area contributed by atoms with Crippen molar-refractivity contribution in [2.24, 2.45) is 0 Å². The molecule has 6 nitrogen and oxygen atoms in total. The number of hydrogen-bond acceptors (Lipinski definition) is 4. The Labute approximate surface area is 150 Å². The average Bonchev–Trinajstić information content (AvgIpc) is 2.62. The van der Waals surface area contributed by atoms with Gasteiger partial charge in [0.15, 0.2) is 6.61 Å². The van der Waals surface area contributed by atoms with Gasteiger partial charge in [0, 0.05) is 12.1 Å². The molecule has 0 radical (unpaired) electrons. The van der Waals surface area contributed by atoms with Crippen molar-refractivity contribution in [3.8, 4) is 0 Å². The Morgan fingerprint density at radius 1 is 1.00 bits per heavy atom. The largest absolute Gasteiger partial charge is 0.456 e. The number of benzene rings is 2. The summed E-state index contributed by atoms with van der Waals surface area (Å²) < 4.78 is 17.8. The van der Waals surface area contributed by atoms with E-state index in [1.54, 1.807) is 18.2 Å². The van der Waals surface area contributed by atoms with Crippen LogP contribution >= 0.6 is 0 Å². The van der Waals surface area contributed by atoms with Crippen molar-refractivity contribution in [2.75, 3.05) is 17.2 Å². The van der Waals surface area contributed by atoms with Crippen LogP contribution in [0.4, 0.5) is 15.8 Å². The van der Waals surface area contributed by atoms with Crippen molar-refractivity contribution in [3.63, 3.8) is 0 Å². The first kappa shape index (κ1) is 19.1. The van der Waals surface area contributed by atoms with Crippen LogP contribution in [-0.4, -0.2) is 24.4 Å². The molecule has 26 heavy (non-hydrogen) atoms. The Hall–Kier alpha value is -3.22. The van der Waals surface area contributed by atoms with Crippen molar-refractivity contribution in [1.29, 1.82) is 0 Å². The second kappa shape index (κ2) is 9.31. The number of rotatable bonds is 7. The molecule has 0 aliphatic rings. The van der Waals surface area contributed by atoms with Gasteiger partial charge < -0.3 is 15.4 Å². The summed E-state index contributed by atoms with van der Waals surface area (Å²) in [5.74, 6) is -1.87. The predicted octanol–water partition coefficient (Wildman–Crippen LogP) is 3.36. The Morgan fingerprint density at radius 3 is 2.38 bits per heavy atom. The summed E-state index contributed by atoms with van der Waals surface area (Å²) in [6.45, 7) is 1.41. The molecule has 2 aromatic rings. The zero-order chi connectivity index (χ0) is 18.9. The number of halogens is 1. The van der Waals surface area contributed by atoms with E-state index in [1.807, 2.05) is 6.92 Å². The average molecular weight is 358 g/mol. The first-order valence-electron chi connectivity index (χ1n) is 8.11. The number of carbonyl (C=O) groups excluding carboxylic acids is 3. The van der Waals surface area contributed by atoms with Crippen LogP contribution in [0, 0.1) is 5.82 Å². The van der Waals surface area contributed by atoms with Crippen LogP contribution < -0.4 is 10.6 Å². The van der Waals surface area contributed by atoms with E-state index in [-0.39, 0.29) is 17.7 Å². The maximum absolute atomic E-state index is 12.9. The van der Waals surface area contributed by atoms with Crippen molar-refractivity contribution in [1.82, 2.24) is 0 Å². The van der Waals surface area contributed by atoms with Gasteiger partial charge in [-0.25, -0.2) is 4.39 Å². The van der Waals surface area contributed by atoms with Crippen LogP contribution in [0.2, 0.25) is 0 Å². The number of carbonyl (C=O) groups is 3. The van der Waals surface area contributed by atoms with Crippen LogP contribution in [-0.2, 0) is 14.3 Å². The first-order valence-corrected chi connectivity index (χ1v) is 8.11. The number of hydrogen-bond donors (Lipinski definition) is 2. The molecular formula is C19H19FN2O4. The fourth-order valence-corrected chi connectivity index (χ4v) is 2.13. The predicted molar refractivity (Wildman–Crippen MR) is 95.3 cm³/mol. The summed E-state index contributed by atoms with van der Waals surface area (Å²) in [5, 5.41) is 5.17. The number of amides is 2. The van der Waals surface area contributed by atoms with Gasteiger partial charge in [-0.2, -0.15) is 0 Å². The molecule has 2 aromatic carbocycles. The van der Waals surface area contributed by atoms with E-state index in [9.17, 15) is 18.8 Å². The third kappa shape index (κ3) is 5.70. The minimum absolute atomic E-state index is 0.227. The maximum Gasteiger partial charge on any atom is 0.306 e. The highest BCUT2D eigenvalue weighted by Gasteiger charge is 2.14. The Balaban J connectivity index is 2.02. The minimum atomic E-state index is -0.545. The number of nitrogens with one attached hydrogen (secondary N) is 2. The molecule has 0 unspecified atom stereocenters. The molecule has 0 saturated carbocycles. The Morgan fingerprint density at radius 2 is 1.69 bits per heavy atom. The second-order valence-corrected chi connectivity index (χ2v) is 5.47. The zero-order valence-electron chi connectivity index (χ0n) is 14.3. The summed E-state index contributed by atoms with van der Waals surface area (Å²) >= 11 is 0. The van der Waals surface area contributed by atoms with Gasteiger partial charge in [0.25, 0.3) is 11.8 Å². The van der Waals surface area contributed by atoms with E-state index in [1.165, 1.54) is 30.3 Å².